The summed E-state index contributed by atoms with van der Waals surface area (Å²) >= 11 is 0. The minimum atomic E-state index is -0.415. The summed E-state index contributed by atoms with van der Waals surface area (Å²) in [5, 5.41) is 0. The molecule has 0 aromatic carbocycles. The van der Waals surface area contributed by atoms with Crippen molar-refractivity contribution >= 4 is 5.97 Å². The first-order valence-electron chi connectivity index (χ1n) is 5.66. The Morgan fingerprint density at radius 1 is 1.53 bits per heavy atom. The molecule has 0 aromatic heterocycles. The lowest BCUT2D eigenvalue weighted by Crippen LogP contribution is -2.53. The highest BCUT2D eigenvalue weighted by Crippen LogP contribution is 2.40. The predicted molar refractivity (Wildman–Crippen MR) is 61.5 cm³/mol. The highest BCUT2D eigenvalue weighted by molar-refractivity contribution is 5.85. The fourth-order valence-corrected chi connectivity index (χ4v) is 1.83. The number of cyclic esters (lactones) is 1. The van der Waals surface area contributed by atoms with E-state index < -0.39 is 5.41 Å². The minimum absolute atomic E-state index is 0.0627. The van der Waals surface area contributed by atoms with E-state index in [1.807, 2.05) is 19.1 Å². The van der Waals surface area contributed by atoms with E-state index in [-0.39, 0.29) is 12.1 Å². The van der Waals surface area contributed by atoms with Gasteiger partial charge in [-0.05, 0) is 19.8 Å². The molecule has 15 heavy (non-hydrogen) atoms. The Hall–Kier alpha value is -1.05. The summed E-state index contributed by atoms with van der Waals surface area (Å²) in [5.74, 6) is -0.109. The van der Waals surface area contributed by atoms with Crippen LogP contribution in [0.15, 0.2) is 24.8 Å². The Morgan fingerprint density at radius 2 is 2.27 bits per heavy atom. The van der Waals surface area contributed by atoms with Crippen LogP contribution in [0.2, 0.25) is 0 Å². The molecule has 0 saturated carbocycles. The standard InChI is InChI=1S/C13H20O2/c1-4-6-8-9-11-13(3,10-7-5-2)12(14)15-11/h5,7,10-11H,2,4,6,8-9H2,1,3H3/b10-7+/t11-,13-/m0/s1. The van der Waals surface area contributed by atoms with E-state index in [0.29, 0.717) is 0 Å². The fourth-order valence-electron chi connectivity index (χ4n) is 1.83. The van der Waals surface area contributed by atoms with Gasteiger partial charge in [-0.3, -0.25) is 4.79 Å². The van der Waals surface area contributed by atoms with Gasteiger partial charge in [0.05, 0.1) is 0 Å². The summed E-state index contributed by atoms with van der Waals surface area (Å²) in [4.78, 5) is 11.4. The number of hydrogen-bond acceptors (Lipinski definition) is 2. The molecule has 0 aromatic rings. The van der Waals surface area contributed by atoms with Gasteiger partial charge in [-0.2, -0.15) is 0 Å². The number of unbranched alkanes of at least 4 members (excludes halogenated alkanes) is 2. The number of allylic oxidation sites excluding steroid dienone is 2. The Balaban J connectivity index is 2.49. The third-order valence-corrected chi connectivity index (χ3v) is 3.01. The van der Waals surface area contributed by atoms with E-state index in [9.17, 15) is 4.79 Å². The molecule has 0 spiro atoms. The third kappa shape index (κ3) is 2.49. The second-order valence-corrected chi connectivity index (χ2v) is 4.27. The van der Waals surface area contributed by atoms with Gasteiger partial charge in [-0.15, -0.1) is 0 Å². The summed E-state index contributed by atoms with van der Waals surface area (Å²) in [5.41, 5.74) is -0.415. The molecule has 1 rings (SSSR count). The van der Waals surface area contributed by atoms with Crippen LogP contribution in [0.1, 0.15) is 39.5 Å². The molecule has 0 amide bonds. The summed E-state index contributed by atoms with van der Waals surface area (Å²) in [7, 11) is 0. The lowest BCUT2D eigenvalue weighted by atomic mass is 9.76. The lowest BCUT2D eigenvalue weighted by Gasteiger charge is -2.42. The first kappa shape index (κ1) is 12.0. The normalized spacial score (nSPS) is 30.0. The van der Waals surface area contributed by atoms with Crippen molar-refractivity contribution in [3.63, 3.8) is 0 Å². The smallest absolute Gasteiger partial charge is 0.319 e. The molecule has 0 radical (unpaired) electrons. The van der Waals surface area contributed by atoms with Crippen molar-refractivity contribution < 1.29 is 9.53 Å². The van der Waals surface area contributed by atoms with E-state index in [0.717, 1.165) is 12.8 Å². The van der Waals surface area contributed by atoms with Gasteiger partial charge in [0.2, 0.25) is 0 Å². The molecule has 1 aliphatic rings. The van der Waals surface area contributed by atoms with Crippen LogP contribution in [0.25, 0.3) is 0 Å². The zero-order valence-corrected chi connectivity index (χ0v) is 9.66. The maximum absolute atomic E-state index is 11.4. The molecular weight excluding hydrogens is 188 g/mol. The van der Waals surface area contributed by atoms with Gasteiger partial charge in [-0.25, -0.2) is 0 Å². The molecule has 2 heteroatoms. The topological polar surface area (TPSA) is 26.3 Å². The van der Waals surface area contributed by atoms with E-state index >= 15 is 0 Å². The van der Waals surface area contributed by atoms with Crippen molar-refractivity contribution in [3.8, 4) is 0 Å². The molecule has 1 fully saturated rings. The fraction of sp³-hybridized carbons (Fsp3) is 0.615. The molecule has 0 bridgehead atoms. The van der Waals surface area contributed by atoms with Crippen molar-refractivity contribution in [3.05, 3.63) is 24.8 Å². The molecule has 0 unspecified atom stereocenters. The van der Waals surface area contributed by atoms with Crippen molar-refractivity contribution in [2.75, 3.05) is 0 Å². The van der Waals surface area contributed by atoms with Gasteiger partial charge in [0, 0.05) is 0 Å². The number of rotatable bonds is 6. The number of carbonyl (C=O) groups is 1. The van der Waals surface area contributed by atoms with Crippen molar-refractivity contribution in [1.82, 2.24) is 0 Å². The molecule has 0 N–H and O–H groups in total. The second kappa shape index (κ2) is 5.15. The Labute approximate surface area is 92.0 Å². The molecular formula is C13H20O2. The van der Waals surface area contributed by atoms with Crippen LogP contribution in [0.3, 0.4) is 0 Å². The number of hydrogen-bond donors (Lipinski definition) is 0. The first-order chi connectivity index (χ1) is 7.15. The van der Waals surface area contributed by atoms with Crippen LogP contribution in [0, 0.1) is 5.41 Å². The minimum Gasteiger partial charge on any atom is -0.460 e. The van der Waals surface area contributed by atoms with E-state index in [1.165, 1.54) is 12.8 Å². The Bertz CT molecular complexity index is 268. The largest absolute Gasteiger partial charge is 0.460 e. The van der Waals surface area contributed by atoms with Gasteiger partial charge in [0.1, 0.15) is 11.5 Å². The van der Waals surface area contributed by atoms with Gasteiger partial charge in [0.25, 0.3) is 0 Å². The molecule has 84 valence electrons. The molecule has 0 aliphatic carbocycles. The number of ether oxygens (including phenoxy) is 1. The van der Waals surface area contributed by atoms with Gasteiger partial charge in [-0.1, -0.05) is 44.6 Å². The van der Waals surface area contributed by atoms with Crippen LogP contribution in [0.5, 0.6) is 0 Å². The van der Waals surface area contributed by atoms with Crippen molar-refractivity contribution in [2.45, 2.75) is 45.6 Å². The predicted octanol–water partition coefficient (Wildman–Crippen LogP) is 3.24. The zero-order valence-electron chi connectivity index (χ0n) is 9.66. The lowest BCUT2D eigenvalue weighted by molar-refractivity contribution is -0.196. The average Bonchev–Trinajstić information content (AvgIpc) is 2.25. The molecule has 2 nitrogen and oxygen atoms in total. The van der Waals surface area contributed by atoms with E-state index in [1.54, 1.807) is 6.08 Å². The van der Waals surface area contributed by atoms with Crippen LogP contribution >= 0.6 is 0 Å². The maximum Gasteiger partial charge on any atom is 0.319 e. The summed E-state index contributed by atoms with van der Waals surface area (Å²) in [6.07, 6.45) is 9.99. The molecule has 2 atom stereocenters. The second-order valence-electron chi connectivity index (χ2n) is 4.27. The molecule has 1 aliphatic heterocycles. The van der Waals surface area contributed by atoms with Crippen LogP contribution in [-0.2, 0) is 9.53 Å². The zero-order chi connectivity index (χ0) is 11.3. The van der Waals surface area contributed by atoms with Crippen LogP contribution < -0.4 is 0 Å². The summed E-state index contributed by atoms with van der Waals surface area (Å²) in [6.45, 7) is 7.72. The van der Waals surface area contributed by atoms with E-state index in [4.69, 9.17) is 4.74 Å². The highest BCUT2D eigenvalue weighted by Gasteiger charge is 2.51. The summed E-state index contributed by atoms with van der Waals surface area (Å²) in [6, 6.07) is 0. The van der Waals surface area contributed by atoms with Gasteiger partial charge < -0.3 is 4.74 Å². The Kier molecular flexibility index (Phi) is 4.13. The monoisotopic (exact) mass is 208 g/mol. The molecule has 1 heterocycles. The van der Waals surface area contributed by atoms with Crippen molar-refractivity contribution in [2.24, 2.45) is 5.41 Å². The maximum atomic E-state index is 11.4. The van der Waals surface area contributed by atoms with Crippen LogP contribution in [-0.4, -0.2) is 12.1 Å². The van der Waals surface area contributed by atoms with E-state index in [2.05, 4.69) is 13.5 Å². The highest BCUT2D eigenvalue weighted by atomic mass is 16.6. The summed E-state index contributed by atoms with van der Waals surface area (Å²) < 4.78 is 5.17. The van der Waals surface area contributed by atoms with Gasteiger partial charge >= 0.3 is 5.97 Å². The van der Waals surface area contributed by atoms with Crippen molar-refractivity contribution in [1.29, 1.82) is 0 Å². The average molecular weight is 208 g/mol. The number of carbonyl (C=O) groups excluding carboxylic acids is 1. The quantitative estimate of drug-likeness (QED) is 0.380. The van der Waals surface area contributed by atoms with Crippen LogP contribution in [0.4, 0.5) is 0 Å². The Morgan fingerprint density at radius 3 is 2.80 bits per heavy atom. The number of esters is 1. The third-order valence-electron chi connectivity index (χ3n) is 3.01. The first-order valence-corrected chi connectivity index (χ1v) is 5.66. The van der Waals surface area contributed by atoms with Gasteiger partial charge in [0.15, 0.2) is 0 Å². The molecule has 1 saturated heterocycles. The SMILES string of the molecule is C=C/C=C/[C@]1(C)C(=O)O[C@H]1CCCCC.